The highest BCUT2D eigenvalue weighted by molar-refractivity contribution is 5.47. The predicted octanol–water partition coefficient (Wildman–Crippen LogP) is 4.63. The van der Waals surface area contributed by atoms with Crippen LogP contribution in [0.5, 0.6) is 0 Å². The zero-order chi connectivity index (χ0) is 21.3. The summed E-state index contributed by atoms with van der Waals surface area (Å²) in [5.41, 5.74) is 4.61. The minimum Gasteiger partial charge on any atom is -0.359 e. The Hall–Kier alpha value is -1.49. The minimum absolute atomic E-state index is 0.00397. The van der Waals surface area contributed by atoms with Crippen molar-refractivity contribution >= 4 is 0 Å². The Kier molecular flexibility index (Phi) is 4.55. The van der Waals surface area contributed by atoms with Gasteiger partial charge in [0.25, 0.3) is 0 Å². The molecule has 6 atom stereocenters. The summed E-state index contributed by atoms with van der Waals surface area (Å²) in [5.74, 6) is 0.614. The second-order valence-corrected chi connectivity index (χ2v) is 11.3. The van der Waals surface area contributed by atoms with Gasteiger partial charge < -0.3 is 15.0 Å². The van der Waals surface area contributed by atoms with Gasteiger partial charge in [0, 0.05) is 31.0 Å². The SMILES string of the molecule is CN(C)[C@@H]1CCC2=CC3=CC[C@]4(C)C(NCc5cccnc5)CC[C@H]4[C@@]34CC[C@]2(C1)O4. The highest BCUT2D eigenvalue weighted by Gasteiger charge is 2.66. The van der Waals surface area contributed by atoms with Gasteiger partial charge in [-0.1, -0.05) is 25.1 Å². The maximum atomic E-state index is 7.35. The molecule has 0 radical (unpaired) electrons. The summed E-state index contributed by atoms with van der Waals surface area (Å²) in [4.78, 5) is 6.71. The van der Waals surface area contributed by atoms with E-state index in [1.165, 1.54) is 62.5 Å². The maximum Gasteiger partial charge on any atom is 0.0975 e. The van der Waals surface area contributed by atoms with Crippen LogP contribution in [0.3, 0.4) is 0 Å². The van der Waals surface area contributed by atoms with Crippen LogP contribution >= 0.6 is 0 Å². The number of fused-ring (bicyclic) bond motifs is 1. The highest BCUT2D eigenvalue weighted by atomic mass is 16.5. The Balaban J connectivity index is 1.29. The fourth-order valence-corrected chi connectivity index (χ4v) is 7.90. The minimum atomic E-state index is -0.0462. The number of ether oxygens (including phenoxy) is 1. The van der Waals surface area contributed by atoms with E-state index in [-0.39, 0.29) is 16.6 Å². The third-order valence-electron chi connectivity index (χ3n) is 9.66. The molecule has 0 amide bonds. The molecular weight excluding hydrogens is 382 g/mol. The van der Waals surface area contributed by atoms with Gasteiger partial charge in [-0.2, -0.15) is 0 Å². The number of rotatable bonds is 4. The zero-order valence-corrected chi connectivity index (χ0v) is 19.4. The molecule has 2 spiro atoms. The molecule has 6 rings (SSSR count). The molecule has 2 bridgehead atoms. The van der Waals surface area contributed by atoms with E-state index >= 15 is 0 Å². The van der Waals surface area contributed by atoms with Crippen molar-refractivity contribution in [2.45, 2.75) is 88.1 Å². The van der Waals surface area contributed by atoms with E-state index in [0.29, 0.717) is 18.0 Å². The third kappa shape index (κ3) is 2.87. The molecule has 3 aliphatic carbocycles. The summed E-state index contributed by atoms with van der Waals surface area (Å²) >= 11 is 0. The predicted molar refractivity (Wildman–Crippen MR) is 124 cm³/mol. The highest BCUT2D eigenvalue weighted by Crippen LogP contribution is 2.66. The van der Waals surface area contributed by atoms with Gasteiger partial charge >= 0.3 is 0 Å². The van der Waals surface area contributed by atoms with Gasteiger partial charge in [-0.25, -0.2) is 0 Å². The number of pyridine rings is 1. The van der Waals surface area contributed by atoms with Crippen LogP contribution in [0.1, 0.15) is 63.9 Å². The average Bonchev–Trinajstić information content (AvgIpc) is 3.27. The van der Waals surface area contributed by atoms with E-state index < -0.39 is 0 Å². The van der Waals surface area contributed by atoms with Crippen LogP contribution in [0.15, 0.2) is 47.8 Å². The monoisotopic (exact) mass is 419 g/mol. The molecule has 1 saturated heterocycles. The van der Waals surface area contributed by atoms with Gasteiger partial charge in [0.1, 0.15) is 0 Å². The van der Waals surface area contributed by atoms with Crippen molar-refractivity contribution in [1.29, 1.82) is 0 Å². The Bertz CT molecular complexity index is 924. The summed E-state index contributed by atoms with van der Waals surface area (Å²) in [6.07, 6.45) is 18.7. The second-order valence-electron chi connectivity index (χ2n) is 11.3. The zero-order valence-electron chi connectivity index (χ0n) is 19.4. The first-order valence-corrected chi connectivity index (χ1v) is 12.4. The first-order valence-electron chi connectivity index (χ1n) is 12.4. The van der Waals surface area contributed by atoms with Gasteiger partial charge in [0.05, 0.1) is 11.2 Å². The van der Waals surface area contributed by atoms with Crippen LogP contribution in [0, 0.1) is 11.3 Å². The van der Waals surface area contributed by atoms with Gasteiger partial charge in [-0.3, -0.25) is 4.98 Å². The van der Waals surface area contributed by atoms with E-state index in [1.807, 2.05) is 18.5 Å². The smallest absolute Gasteiger partial charge is 0.0975 e. The lowest BCUT2D eigenvalue weighted by atomic mass is 9.60. The Morgan fingerprint density at radius 1 is 1.23 bits per heavy atom. The van der Waals surface area contributed by atoms with E-state index in [4.69, 9.17) is 4.74 Å². The van der Waals surface area contributed by atoms with Crippen LogP contribution in [-0.2, 0) is 11.3 Å². The molecule has 2 aliphatic heterocycles. The largest absolute Gasteiger partial charge is 0.359 e. The van der Waals surface area contributed by atoms with Crippen LogP contribution in [0.25, 0.3) is 0 Å². The normalized spacial score (nSPS) is 43.2. The van der Waals surface area contributed by atoms with E-state index in [9.17, 15) is 0 Å². The first-order chi connectivity index (χ1) is 15.0. The molecule has 2 saturated carbocycles. The summed E-state index contributed by atoms with van der Waals surface area (Å²) in [6.45, 7) is 3.44. The van der Waals surface area contributed by atoms with Crippen LogP contribution in [-0.4, -0.2) is 47.3 Å². The molecule has 4 heteroatoms. The van der Waals surface area contributed by atoms with Gasteiger partial charge in [0.2, 0.25) is 0 Å². The van der Waals surface area contributed by atoms with Crippen molar-refractivity contribution in [2.24, 2.45) is 11.3 Å². The van der Waals surface area contributed by atoms with Gasteiger partial charge in [-0.05, 0) is 99.6 Å². The molecule has 5 aliphatic rings. The van der Waals surface area contributed by atoms with Crippen molar-refractivity contribution < 1.29 is 4.74 Å². The molecule has 0 aromatic carbocycles. The maximum absolute atomic E-state index is 7.35. The van der Waals surface area contributed by atoms with Crippen LogP contribution in [0.4, 0.5) is 0 Å². The molecule has 1 aromatic heterocycles. The molecule has 166 valence electrons. The van der Waals surface area contributed by atoms with Crippen LogP contribution < -0.4 is 5.32 Å². The molecule has 4 nitrogen and oxygen atoms in total. The summed E-state index contributed by atoms with van der Waals surface area (Å²) in [5, 5.41) is 3.92. The van der Waals surface area contributed by atoms with E-state index in [0.717, 1.165) is 6.54 Å². The first kappa shape index (κ1) is 20.1. The Morgan fingerprint density at radius 2 is 2.13 bits per heavy atom. The van der Waals surface area contributed by atoms with Gasteiger partial charge in [-0.15, -0.1) is 0 Å². The third-order valence-corrected chi connectivity index (χ3v) is 9.66. The fourth-order valence-electron chi connectivity index (χ4n) is 7.90. The molecule has 31 heavy (non-hydrogen) atoms. The molecule has 1 unspecified atom stereocenters. The number of aromatic nitrogens is 1. The van der Waals surface area contributed by atoms with Crippen molar-refractivity contribution in [3.8, 4) is 0 Å². The molecular formula is C27H37N3O. The average molecular weight is 420 g/mol. The van der Waals surface area contributed by atoms with Crippen molar-refractivity contribution in [3.63, 3.8) is 0 Å². The standard InChI is InChI=1S/C27H37N3O/c1-25-11-10-21-15-20-6-7-22(30(2)3)16-26(20)12-13-27(21,31-26)23(25)8-9-24(25)29-18-19-5-4-14-28-17-19/h4-5,10,14-15,17,22-24,29H,6-9,11-13,16,18H2,1-3H3/t22-,23-,24?,25+,26-,27-/m1/s1. The van der Waals surface area contributed by atoms with Crippen molar-refractivity contribution in [3.05, 3.63) is 53.4 Å². The molecule has 1 N–H and O–H groups in total. The summed E-state index contributed by atoms with van der Waals surface area (Å²) in [6, 6.07) is 5.39. The Labute approximate surface area is 187 Å². The number of nitrogens with zero attached hydrogens (tertiary/aromatic N) is 2. The second kappa shape index (κ2) is 7.00. The molecule has 3 heterocycles. The quantitative estimate of drug-likeness (QED) is 0.772. The summed E-state index contributed by atoms with van der Waals surface area (Å²) in [7, 11) is 4.48. The number of hydrogen-bond donors (Lipinski definition) is 1. The lowest BCUT2D eigenvalue weighted by Gasteiger charge is -2.54. The van der Waals surface area contributed by atoms with Crippen LogP contribution in [0.2, 0.25) is 0 Å². The fraction of sp³-hybridized carbons (Fsp3) is 0.667. The van der Waals surface area contributed by atoms with Gasteiger partial charge in [0.15, 0.2) is 0 Å². The lowest BCUT2D eigenvalue weighted by Crippen LogP contribution is -2.56. The molecule has 3 fully saturated rings. The number of allylic oxidation sites excluding steroid dienone is 1. The van der Waals surface area contributed by atoms with Crippen molar-refractivity contribution in [1.82, 2.24) is 15.2 Å². The molecule has 1 aromatic rings. The summed E-state index contributed by atoms with van der Waals surface area (Å²) < 4.78 is 7.35. The topological polar surface area (TPSA) is 37.4 Å². The van der Waals surface area contributed by atoms with E-state index in [2.05, 4.69) is 54.4 Å². The lowest BCUT2D eigenvalue weighted by molar-refractivity contribution is -0.140. The number of nitrogens with one attached hydrogen (secondary N) is 1. The number of hydrogen-bond acceptors (Lipinski definition) is 4. The van der Waals surface area contributed by atoms with E-state index in [1.54, 1.807) is 5.57 Å². The Morgan fingerprint density at radius 3 is 2.94 bits per heavy atom. The van der Waals surface area contributed by atoms with Crippen molar-refractivity contribution in [2.75, 3.05) is 14.1 Å².